The van der Waals surface area contributed by atoms with Gasteiger partial charge < -0.3 is 9.73 Å². The minimum atomic E-state index is -0.359. The van der Waals surface area contributed by atoms with Gasteiger partial charge in [-0.2, -0.15) is 0 Å². The Labute approximate surface area is 150 Å². The number of rotatable bonds is 6. The van der Waals surface area contributed by atoms with Crippen LogP contribution in [0.3, 0.4) is 0 Å². The largest absolute Gasteiger partial charge is 0.459 e. The molecule has 3 aromatic rings. The molecule has 1 aromatic heterocycles. The van der Waals surface area contributed by atoms with Crippen molar-refractivity contribution in [3.05, 3.63) is 83.8 Å². The predicted molar refractivity (Wildman–Crippen MR) is 99.1 cm³/mol. The van der Waals surface area contributed by atoms with Gasteiger partial charge in [0, 0.05) is 21.8 Å². The van der Waals surface area contributed by atoms with Gasteiger partial charge in [0.2, 0.25) is 0 Å². The molecule has 0 spiro atoms. The van der Waals surface area contributed by atoms with Crippen LogP contribution in [0.4, 0.5) is 5.69 Å². The summed E-state index contributed by atoms with van der Waals surface area (Å²) >= 11 is 1.63. The van der Waals surface area contributed by atoms with Crippen LogP contribution in [0.15, 0.2) is 76.2 Å². The number of thioether (sulfide) groups is 1. The Kier molecular flexibility index (Phi) is 5.36. The standard InChI is InChI=1S/C20H17NO3S/c1-14(22)17-9-5-6-10-18(17)21-20(23)19-15(11-12-24-19)13-25-16-7-3-2-4-8-16/h2-12H,13H2,1H3,(H,21,23). The summed E-state index contributed by atoms with van der Waals surface area (Å²) in [6.07, 6.45) is 1.51. The van der Waals surface area contributed by atoms with E-state index in [-0.39, 0.29) is 17.5 Å². The van der Waals surface area contributed by atoms with E-state index in [1.807, 2.05) is 30.3 Å². The number of anilines is 1. The summed E-state index contributed by atoms with van der Waals surface area (Å²) in [5.41, 5.74) is 1.77. The van der Waals surface area contributed by atoms with Crippen LogP contribution in [0.5, 0.6) is 0 Å². The predicted octanol–water partition coefficient (Wildman–Crippen LogP) is 5.03. The number of carbonyl (C=O) groups is 2. The monoisotopic (exact) mass is 351 g/mol. The van der Waals surface area contributed by atoms with Crippen LogP contribution in [-0.4, -0.2) is 11.7 Å². The maximum atomic E-state index is 12.6. The van der Waals surface area contributed by atoms with Crippen LogP contribution in [0.1, 0.15) is 33.4 Å². The second-order valence-electron chi connectivity index (χ2n) is 5.43. The average Bonchev–Trinajstić information content (AvgIpc) is 3.10. The van der Waals surface area contributed by atoms with Crippen molar-refractivity contribution in [1.29, 1.82) is 0 Å². The first-order chi connectivity index (χ1) is 12.1. The number of hydrogen-bond acceptors (Lipinski definition) is 4. The van der Waals surface area contributed by atoms with Crippen molar-refractivity contribution in [3.8, 4) is 0 Å². The Morgan fingerprint density at radius 2 is 1.72 bits per heavy atom. The molecule has 0 aliphatic heterocycles. The zero-order valence-electron chi connectivity index (χ0n) is 13.7. The van der Waals surface area contributed by atoms with Crippen LogP contribution in [0.25, 0.3) is 0 Å². The van der Waals surface area contributed by atoms with Crippen molar-refractivity contribution < 1.29 is 14.0 Å². The molecule has 0 bridgehead atoms. The lowest BCUT2D eigenvalue weighted by molar-refractivity contribution is 0.0996. The van der Waals surface area contributed by atoms with Crippen molar-refractivity contribution >= 4 is 29.1 Å². The van der Waals surface area contributed by atoms with Gasteiger partial charge in [-0.15, -0.1) is 11.8 Å². The fourth-order valence-corrected chi connectivity index (χ4v) is 3.30. The highest BCUT2D eigenvalue weighted by atomic mass is 32.2. The fourth-order valence-electron chi connectivity index (χ4n) is 2.40. The van der Waals surface area contributed by atoms with Gasteiger partial charge in [0.05, 0.1) is 12.0 Å². The molecule has 0 aliphatic carbocycles. The zero-order valence-corrected chi connectivity index (χ0v) is 14.5. The topological polar surface area (TPSA) is 59.3 Å². The highest BCUT2D eigenvalue weighted by molar-refractivity contribution is 7.98. The molecular weight excluding hydrogens is 334 g/mol. The summed E-state index contributed by atoms with van der Waals surface area (Å²) in [6, 6.07) is 18.7. The van der Waals surface area contributed by atoms with Gasteiger partial charge in [-0.05, 0) is 37.3 Å². The first-order valence-corrected chi connectivity index (χ1v) is 8.79. The highest BCUT2D eigenvalue weighted by Gasteiger charge is 2.17. The molecule has 0 radical (unpaired) electrons. The summed E-state index contributed by atoms with van der Waals surface area (Å²) in [5.74, 6) is 0.428. The van der Waals surface area contributed by atoms with E-state index in [0.29, 0.717) is 17.0 Å². The van der Waals surface area contributed by atoms with Crippen LogP contribution in [0, 0.1) is 0 Å². The Morgan fingerprint density at radius 3 is 2.48 bits per heavy atom. The molecule has 0 atom stereocenters. The van der Waals surface area contributed by atoms with Gasteiger partial charge in [0.15, 0.2) is 11.5 Å². The van der Waals surface area contributed by atoms with Gasteiger partial charge in [-0.25, -0.2) is 0 Å². The van der Waals surface area contributed by atoms with E-state index in [1.54, 1.807) is 42.1 Å². The van der Waals surface area contributed by atoms with E-state index in [2.05, 4.69) is 5.32 Å². The first-order valence-electron chi connectivity index (χ1n) is 7.80. The number of hydrogen-bond donors (Lipinski definition) is 1. The van der Waals surface area contributed by atoms with Crippen LogP contribution in [-0.2, 0) is 5.75 Å². The van der Waals surface area contributed by atoms with Crippen LogP contribution < -0.4 is 5.32 Å². The molecule has 4 nitrogen and oxygen atoms in total. The second kappa shape index (κ2) is 7.85. The van der Waals surface area contributed by atoms with Crippen molar-refractivity contribution in [2.45, 2.75) is 17.6 Å². The van der Waals surface area contributed by atoms with Crippen molar-refractivity contribution in [3.63, 3.8) is 0 Å². The fraction of sp³-hybridized carbons (Fsp3) is 0.100. The van der Waals surface area contributed by atoms with Crippen molar-refractivity contribution in [2.75, 3.05) is 5.32 Å². The number of ketones is 1. The minimum absolute atomic E-state index is 0.102. The van der Waals surface area contributed by atoms with E-state index in [1.165, 1.54) is 13.2 Å². The molecule has 0 saturated carbocycles. The average molecular weight is 351 g/mol. The smallest absolute Gasteiger partial charge is 0.291 e. The Bertz CT molecular complexity index is 887. The molecule has 25 heavy (non-hydrogen) atoms. The number of furan rings is 1. The van der Waals surface area contributed by atoms with E-state index >= 15 is 0 Å². The normalized spacial score (nSPS) is 10.4. The van der Waals surface area contributed by atoms with Gasteiger partial charge >= 0.3 is 0 Å². The van der Waals surface area contributed by atoms with E-state index in [0.717, 1.165) is 10.5 Å². The van der Waals surface area contributed by atoms with Gasteiger partial charge in [0.1, 0.15) is 0 Å². The second-order valence-corrected chi connectivity index (χ2v) is 6.48. The number of para-hydroxylation sites is 1. The van der Waals surface area contributed by atoms with E-state index in [4.69, 9.17) is 4.42 Å². The SMILES string of the molecule is CC(=O)c1ccccc1NC(=O)c1occc1CSc1ccccc1. The number of nitrogens with one attached hydrogen (secondary N) is 1. The molecule has 3 rings (SSSR count). The molecule has 0 saturated heterocycles. The van der Waals surface area contributed by atoms with Gasteiger partial charge in [-0.1, -0.05) is 30.3 Å². The molecule has 1 amide bonds. The third-order valence-corrected chi connectivity index (χ3v) is 4.71. The molecule has 2 aromatic carbocycles. The van der Waals surface area contributed by atoms with Crippen molar-refractivity contribution in [1.82, 2.24) is 0 Å². The minimum Gasteiger partial charge on any atom is -0.459 e. The summed E-state index contributed by atoms with van der Waals surface area (Å²) in [4.78, 5) is 25.4. The molecule has 126 valence electrons. The quantitative estimate of drug-likeness (QED) is 0.500. The number of carbonyl (C=O) groups excluding carboxylic acids is 2. The lowest BCUT2D eigenvalue weighted by atomic mass is 10.1. The maximum absolute atomic E-state index is 12.6. The van der Waals surface area contributed by atoms with Gasteiger partial charge in [-0.3, -0.25) is 9.59 Å². The third kappa shape index (κ3) is 4.19. The van der Waals surface area contributed by atoms with Gasteiger partial charge in [0.25, 0.3) is 5.91 Å². The molecule has 0 aliphatic rings. The summed E-state index contributed by atoms with van der Waals surface area (Å²) < 4.78 is 5.38. The first kappa shape index (κ1) is 17.0. The van der Waals surface area contributed by atoms with E-state index < -0.39 is 0 Å². The zero-order chi connectivity index (χ0) is 17.6. The highest BCUT2D eigenvalue weighted by Crippen LogP contribution is 2.26. The number of Topliss-reactive ketones (excluding diaryl/α,β-unsaturated/α-hetero) is 1. The lowest BCUT2D eigenvalue weighted by Crippen LogP contribution is -2.15. The summed E-state index contributed by atoms with van der Waals surface area (Å²) in [5, 5.41) is 2.77. The van der Waals surface area contributed by atoms with Crippen molar-refractivity contribution in [2.24, 2.45) is 0 Å². The molecule has 5 heteroatoms. The molecule has 1 N–H and O–H groups in total. The number of amides is 1. The molecule has 0 fully saturated rings. The summed E-state index contributed by atoms with van der Waals surface area (Å²) in [6.45, 7) is 1.47. The number of benzene rings is 2. The Balaban J connectivity index is 1.74. The Hall–Kier alpha value is -2.79. The lowest BCUT2D eigenvalue weighted by Gasteiger charge is -2.09. The maximum Gasteiger partial charge on any atom is 0.291 e. The molecule has 0 unspecified atom stereocenters. The summed E-state index contributed by atoms with van der Waals surface area (Å²) in [7, 11) is 0. The van der Waals surface area contributed by atoms with Crippen LogP contribution >= 0.6 is 11.8 Å². The third-order valence-electron chi connectivity index (χ3n) is 3.65. The van der Waals surface area contributed by atoms with Crippen LogP contribution in [0.2, 0.25) is 0 Å². The van der Waals surface area contributed by atoms with E-state index in [9.17, 15) is 9.59 Å². The molecular formula is C20H17NO3S. The Morgan fingerprint density at radius 1 is 1.00 bits per heavy atom. The molecule has 1 heterocycles.